The fraction of sp³-hybridized carbons (Fsp3) is 0.125. The van der Waals surface area contributed by atoms with Gasteiger partial charge in [-0.1, -0.05) is 11.2 Å². The first-order chi connectivity index (χ1) is 10.3. The Balaban J connectivity index is 1.69. The first-order valence-electron chi connectivity index (χ1n) is 6.77. The van der Waals surface area contributed by atoms with Crippen LogP contribution in [0.25, 0.3) is 10.1 Å². The molecule has 0 bridgehead atoms. The van der Waals surface area contributed by atoms with Gasteiger partial charge in [0.1, 0.15) is 0 Å². The number of anilines is 2. The average molecular weight is 295 g/mol. The van der Waals surface area contributed by atoms with E-state index in [0.29, 0.717) is 0 Å². The van der Waals surface area contributed by atoms with Gasteiger partial charge in [-0.05, 0) is 36.6 Å². The molecule has 3 aromatic rings. The van der Waals surface area contributed by atoms with Crippen molar-refractivity contribution in [3.63, 3.8) is 0 Å². The summed E-state index contributed by atoms with van der Waals surface area (Å²) < 4.78 is 1.18. The molecule has 2 heterocycles. The molecule has 2 N–H and O–H groups in total. The molecule has 1 aliphatic rings. The molecular weight excluding hydrogens is 282 g/mol. The average Bonchev–Trinajstić information content (AvgIpc) is 3.11. The van der Waals surface area contributed by atoms with Crippen LogP contribution in [0.5, 0.6) is 0 Å². The number of fused-ring (bicyclic) bond motifs is 2. The van der Waals surface area contributed by atoms with Crippen LogP contribution in [0.15, 0.2) is 47.2 Å². The number of benzene rings is 1. The van der Waals surface area contributed by atoms with Crippen molar-refractivity contribution >= 4 is 38.5 Å². The number of hydrogen-bond acceptors (Lipinski definition) is 5. The van der Waals surface area contributed by atoms with Crippen LogP contribution < -0.4 is 5.32 Å². The summed E-state index contributed by atoms with van der Waals surface area (Å²) in [5.74, 6) is 0. The smallest absolute Gasteiger partial charge is 0.0873 e. The van der Waals surface area contributed by atoms with E-state index in [-0.39, 0.29) is 0 Å². The van der Waals surface area contributed by atoms with Crippen molar-refractivity contribution < 1.29 is 5.21 Å². The molecule has 0 fully saturated rings. The molecule has 0 amide bonds. The molecule has 0 aliphatic heterocycles. The molecule has 4 rings (SSSR count). The van der Waals surface area contributed by atoms with Gasteiger partial charge in [0.25, 0.3) is 0 Å². The molecule has 21 heavy (non-hydrogen) atoms. The van der Waals surface area contributed by atoms with Crippen molar-refractivity contribution in [1.29, 1.82) is 0 Å². The predicted octanol–water partition coefficient (Wildman–Crippen LogP) is 4.16. The van der Waals surface area contributed by atoms with Crippen LogP contribution >= 0.6 is 11.3 Å². The number of aromatic nitrogens is 1. The summed E-state index contributed by atoms with van der Waals surface area (Å²) >= 11 is 1.69. The molecule has 0 saturated heterocycles. The van der Waals surface area contributed by atoms with E-state index in [1.807, 2.05) is 30.6 Å². The van der Waals surface area contributed by atoms with Crippen molar-refractivity contribution in [3.8, 4) is 0 Å². The lowest BCUT2D eigenvalue weighted by Gasteiger charge is -2.07. The molecule has 2 aromatic heterocycles. The third-order valence-electron chi connectivity index (χ3n) is 3.83. The van der Waals surface area contributed by atoms with E-state index in [4.69, 9.17) is 5.21 Å². The first kappa shape index (κ1) is 12.3. The van der Waals surface area contributed by atoms with Gasteiger partial charge in [-0.2, -0.15) is 0 Å². The van der Waals surface area contributed by atoms with E-state index >= 15 is 0 Å². The number of pyridine rings is 1. The minimum Gasteiger partial charge on any atom is -0.411 e. The van der Waals surface area contributed by atoms with Gasteiger partial charge in [-0.15, -0.1) is 11.3 Å². The number of thiophene rings is 1. The van der Waals surface area contributed by atoms with Crippen molar-refractivity contribution in [1.82, 2.24) is 4.98 Å². The van der Waals surface area contributed by atoms with Gasteiger partial charge < -0.3 is 10.5 Å². The molecule has 104 valence electrons. The van der Waals surface area contributed by atoms with E-state index in [9.17, 15) is 0 Å². The Labute approximate surface area is 125 Å². The van der Waals surface area contributed by atoms with E-state index in [1.54, 1.807) is 11.3 Å². The number of nitrogens with one attached hydrogen (secondary N) is 1. The molecule has 0 spiro atoms. The van der Waals surface area contributed by atoms with E-state index in [1.165, 1.54) is 15.6 Å². The summed E-state index contributed by atoms with van der Waals surface area (Å²) in [7, 11) is 0. The lowest BCUT2D eigenvalue weighted by Crippen LogP contribution is -1.95. The number of oxime groups is 1. The molecule has 5 heteroatoms. The zero-order valence-electron chi connectivity index (χ0n) is 11.2. The fourth-order valence-corrected chi connectivity index (χ4v) is 3.64. The normalized spacial score (nSPS) is 15.5. The lowest BCUT2D eigenvalue weighted by atomic mass is 10.1. The first-order valence-corrected chi connectivity index (χ1v) is 7.65. The summed E-state index contributed by atoms with van der Waals surface area (Å²) in [6, 6.07) is 8.21. The Morgan fingerprint density at radius 3 is 3.10 bits per heavy atom. The maximum Gasteiger partial charge on any atom is 0.0873 e. The molecule has 0 saturated carbocycles. The number of aryl methyl sites for hydroxylation is 1. The van der Waals surface area contributed by atoms with Crippen molar-refractivity contribution in [3.05, 3.63) is 53.2 Å². The molecule has 0 atom stereocenters. The van der Waals surface area contributed by atoms with Gasteiger partial charge in [-0.3, -0.25) is 4.98 Å². The molecule has 0 unspecified atom stereocenters. The quantitative estimate of drug-likeness (QED) is 0.551. The summed E-state index contributed by atoms with van der Waals surface area (Å²) in [6.45, 7) is 0. The highest BCUT2D eigenvalue weighted by Crippen LogP contribution is 2.33. The summed E-state index contributed by atoms with van der Waals surface area (Å²) in [5.41, 5.74) is 5.23. The predicted molar refractivity (Wildman–Crippen MR) is 86.0 cm³/mol. The van der Waals surface area contributed by atoms with Crippen LogP contribution in [-0.2, 0) is 6.42 Å². The standard InChI is InChI=1S/C16H13N3OS/c20-19-14-4-1-10-7-11(2-3-12(10)14)18-15-9-21-16-8-17-6-5-13(15)16/h2-3,5-9,18,20H,1,4H2/b19-14-. The maximum atomic E-state index is 8.98. The maximum absolute atomic E-state index is 8.98. The Morgan fingerprint density at radius 1 is 1.24 bits per heavy atom. The summed E-state index contributed by atoms with van der Waals surface area (Å²) in [6.07, 6.45) is 5.44. The van der Waals surface area contributed by atoms with Crippen molar-refractivity contribution in [2.24, 2.45) is 5.16 Å². The van der Waals surface area contributed by atoms with Crippen LogP contribution in [0.4, 0.5) is 11.4 Å². The molecular formula is C16H13N3OS. The Bertz CT molecular complexity index is 854. The molecule has 1 aliphatic carbocycles. The minimum absolute atomic E-state index is 0.781. The Hall–Kier alpha value is -2.40. The monoisotopic (exact) mass is 295 g/mol. The lowest BCUT2D eigenvalue weighted by molar-refractivity contribution is 0.318. The van der Waals surface area contributed by atoms with Crippen molar-refractivity contribution in [2.45, 2.75) is 12.8 Å². The number of rotatable bonds is 2. The second kappa shape index (κ2) is 4.86. The van der Waals surface area contributed by atoms with Gasteiger partial charge in [0.2, 0.25) is 0 Å². The summed E-state index contributed by atoms with van der Waals surface area (Å²) in [4.78, 5) is 4.14. The van der Waals surface area contributed by atoms with Gasteiger partial charge in [-0.25, -0.2) is 0 Å². The minimum atomic E-state index is 0.781. The molecule has 0 radical (unpaired) electrons. The van der Waals surface area contributed by atoms with Crippen molar-refractivity contribution in [2.75, 3.05) is 5.32 Å². The highest BCUT2D eigenvalue weighted by molar-refractivity contribution is 7.17. The second-order valence-corrected chi connectivity index (χ2v) is 5.98. The van der Waals surface area contributed by atoms with E-state index in [0.717, 1.165) is 35.5 Å². The third-order valence-corrected chi connectivity index (χ3v) is 4.76. The molecule has 1 aromatic carbocycles. The van der Waals surface area contributed by atoms with Crippen LogP contribution in [-0.4, -0.2) is 15.9 Å². The second-order valence-electron chi connectivity index (χ2n) is 5.06. The van der Waals surface area contributed by atoms with E-state index < -0.39 is 0 Å². The highest BCUT2D eigenvalue weighted by atomic mass is 32.1. The summed E-state index contributed by atoms with van der Waals surface area (Å²) in [5, 5.41) is 19.1. The zero-order chi connectivity index (χ0) is 14.2. The SMILES string of the molecule is O/N=C1/CCc2cc(Nc3csc4cnccc34)ccc21. The van der Waals surface area contributed by atoms with Crippen LogP contribution in [0.3, 0.4) is 0 Å². The Morgan fingerprint density at radius 2 is 2.19 bits per heavy atom. The third kappa shape index (κ3) is 2.06. The fourth-order valence-electron chi connectivity index (χ4n) is 2.79. The topological polar surface area (TPSA) is 57.5 Å². The number of nitrogens with zero attached hydrogens (tertiary/aromatic N) is 2. The zero-order valence-corrected chi connectivity index (χ0v) is 12.0. The van der Waals surface area contributed by atoms with Crippen LogP contribution in [0.1, 0.15) is 17.5 Å². The largest absolute Gasteiger partial charge is 0.411 e. The van der Waals surface area contributed by atoms with Crippen LogP contribution in [0, 0.1) is 0 Å². The van der Waals surface area contributed by atoms with Gasteiger partial charge in [0, 0.05) is 34.4 Å². The van der Waals surface area contributed by atoms with E-state index in [2.05, 4.69) is 26.9 Å². The Kier molecular flexibility index (Phi) is 2.86. The number of hydrogen-bond donors (Lipinski definition) is 2. The van der Waals surface area contributed by atoms with Gasteiger partial charge in [0.05, 0.1) is 16.1 Å². The van der Waals surface area contributed by atoms with Crippen LogP contribution in [0.2, 0.25) is 0 Å². The molecule has 4 nitrogen and oxygen atoms in total. The highest BCUT2D eigenvalue weighted by Gasteiger charge is 2.18. The van der Waals surface area contributed by atoms with Gasteiger partial charge >= 0.3 is 0 Å². The van der Waals surface area contributed by atoms with Gasteiger partial charge in [0.15, 0.2) is 0 Å².